The molecule has 1 heterocycles. The molecule has 2 aromatic carbocycles. The van der Waals surface area contributed by atoms with Gasteiger partial charge in [0.05, 0.1) is 31.6 Å². The van der Waals surface area contributed by atoms with E-state index in [-0.39, 0.29) is 24.0 Å². The van der Waals surface area contributed by atoms with E-state index in [2.05, 4.69) is 20.8 Å². The van der Waals surface area contributed by atoms with Crippen molar-refractivity contribution in [3.8, 4) is 11.5 Å². The van der Waals surface area contributed by atoms with Crippen molar-refractivity contribution in [2.45, 2.75) is 18.5 Å². The molecule has 9 nitrogen and oxygen atoms in total. The molecule has 0 aliphatic carbocycles. The number of methoxy groups -OCH3 is 1. The van der Waals surface area contributed by atoms with E-state index in [0.717, 1.165) is 5.75 Å². The number of hydrogen-bond acceptors (Lipinski definition) is 7. The summed E-state index contributed by atoms with van der Waals surface area (Å²) in [6, 6.07) is 14.3. The van der Waals surface area contributed by atoms with Crippen LogP contribution in [0.25, 0.3) is 0 Å². The Hall–Kier alpha value is -3.53. The summed E-state index contributed by atoms with van der Waals surface area (Å²) in [5, 5.41) is 14.4. The topological polar surface area (TPSA) is 107 Å². The van der Waals surface area contributed by atoms with Crippen molar-refractivity contribution in [1.29, 1.82) is 0 Å². The summed E-state index contributed by atoms with van der Waals surface area (Å²) < 4.78 is 12.3. The van der Waals surface area contributed by atoms with Crippen LogP contribution in [0.15, 0.2) is 53.7 Å². The predicted octanol–water partition coefficient (Wildman–Crippen LogP) is 3.13. The molecule has 0 atom stereocenters. The van der Waals surface area contributed by atoms with Gasteiger partial charge < -0.3 is 24.7 Å². The van der Waals surface area contributed by atoms with E-state index in [4.69, 9.17) is 9.47 Å². The average molecular weight is 456 g/mol. The van der Waals surface area contributed by atoms with Gasteiger partial charge in [-0.15, -0.1) is 10.2 Å². The lowest BCUT2D eigenvalue weighted by atomic mass is 10.3. The molecule has 1 aromatic heterocycles. The number of nitrogens with one attached hydrogen (secondary N) is 2. The second kappa shape index (κ2) is 11.2. The van der Waals surface area contributed by atoms with Crippen molar-refractivity contribution >= 4 is 35.0 Å². The van der Waals surface area contributed by atoms with E-state index in [1.54, 1.807) is 55.1 Å². The van der Waals surface area contributed by atoms with Crippen LogP contribution in [0, 0.1) is 0 Å². The molecule has 0 spiro atoms. The third-order valence-corrected chi connectivity index (χ3v) is 5.43. The fourth-order valence-electron chi connectivity index (χ4n) is 2.84. The zero-order valence-corrected chi connectivity index (χ0v) is 18.9. The van der Waals surface area contributed by atoms with Crippen LogP contribution in [-0.2, 0) is 23.1 Å². The van der Waals surface area contributed by atoms with Gasteiger partial charge in [0.25, 0.3) is 0 Å². The number of rotatable bonds is 10. The van der Waals surface area contributed by atoms with Gasteiger partial charge in [-0.3, -0.25) is 9.59 Å². The zero-order chi connectivity index (χ0) is 22.9. The third-order valence-electron chi connectivity index (χ3n) is 4.41. The molecule has 0 fully saturated rings. The number of nitrogens with zero attached hydrogens (tertiary/aromatic N) is 3. The van der Waals surface area contributed by atoms with Gasteiger partial charge in [0, 0.05) is 12.7 Å². The molecule has 168 valence electrons. The third kappa shape index (κ3) is 6.24. The number of anilines is 2. The molecule has 3 rings (SSSR count). The fourth-order valence-corrected chi connectivity index (χ4v) is 3.57. The Morgan fingerprint density at radius 3 is 2.50 bits per heavy atom. The number of carbonyl (C=O) groups is 2. The Morgan fingerprint density at radius 1 is 1.03 bits per heavy atom. The zero-order valence-electron chi connectivity index (χ0n) is 18.1. The quantitative estimate of drug-likeness (QED) is 0.452. The van der Waals surface area contributed by atoms with Crippen LogP contribution in [0.3, 0.4) is 0 Å². The number of para-hydroxylation sites is 2. The second-order valence-electron chi connectivity index (χ2n) is 6.68. The first-order valence-electron chi connectivity index (χ1n) is 9.96. The summed E-state index contributed by atoms with van der Waals surface area (Å²) in [5.41, 5.74) is 1.27. The first kappa shape index (κ1) is 23.1. The lowest BCUT2D eigenvalue weighted by molar-refractivity contribution is -0.116. The number of aromatic nitrogens is 3. The van der Waals surface area contributed by atoms with E-state index in [0.29, 0.717) is 34.7 Å². The lowest BCUT2D eigenvalue weighted by Crippen LogP contribution is -2.17. The molecule has 0 saturated carbocycles. The van der Waals surface area contributed by atoms with Gasteiger partial charge in [-0.2, -0.15) is 0 Å². The van der Waals surface area contributed by atoms with E-state index in [9.17, 15) is 9.59 Å². The monoisotopic (exact) mass is 455 g/mol. The summed E-state index contributed by atoms with van der Waals surface area (Å²) in [7, 11) is 3.31. The first-order valence-corrected chi connectivity index (χ1v) is 10.9. The van der Waals surface area contributed by atoms with Gasteiger partial charge in [0.15, 0.2) is 5.16 Å². The highest BCUT2D eigenvalue weighted by Crippen LogP contribution is 2.24. The second-order valence-corrected chi connectivity index (χ2v) is 7.62. The summed E-state index contributed by atoms with van der Waals surface area (Å²) in [6.07, 6.45) is 0.0602. The van der Waals surface area contributed by atoms with Gasteiger partial charge in [0.2, 0.25) is 11.8 Å². The number of amides is 2. The fraction of sp³-hybridized carbons (Fsp3) is 0.273. The molecule has 2 amide bonds. The number of benzene rings is 2. The predicted molar refractivity (Wildman–Crippen MR) is 123 cm³/mol. The van der Waals surface area contributed by atoms with Crippen LogP contribution in [0.4, 0.5) is 11.4 Å². The number of thioether (sulfide) groups is 1. The Labute approximate surface area is 190 Å². The van der Waals surface area contributed by atoms with Gasteiger partial charge in [-0.1, -0.05) is 23.9 Å². The van der Waals surface area contributed by atoms with E-state index in [1.165, 1.54) is 11.8 Å². The molecule has 32 heavy (non-hydrogen) atoms. The van der Waals surface area contributed by atoms with Gasteiger partial charge >= 0.3 is 0 Å². The summed E-state index contributed by atoms with van der Waals surface area (Å²) >= 11 is 1.24. The normalized spacial score (nSPS) is 10.5. The van der Waals surface area contributed by atoms with Gasteiger partial charge in [0.1, 0.15) is 17.3 Å². The molecular weight excluding hydrogens is 430 g/mol. The van der Waals surface area contributed by atoms with Crippen molar-refractivity contribution in [1.82, 2.24) is 14.8 Å². The SMILES string of the molecule is CCOc1ccc(NC(=O)Cc2nnc(SCC(=O)Nc3ccccc3OC)n2C)cc1. The molecule has 3 aromatic rings. The molecule has 0 saturated heterocycles. The van der Waals surface area contributed by atoms with Crippen LogP contribution in [0.2, 0.25) is 0 Å². The Kier molecular flexibility index (Phi) is 8.09. The molecule has 0 bridgehead atoms. The summed E-state index contributed by atoms with van der Waals surface area (Å²) in [5.74, 6) is 1.57. The van der Waals surface area contributed by atoms with Crippen molar-refractivity contribution < 1.29 is 19.1 Å². The van der Waals surface area contributed by atoms with E-state index in [1.807, 2.05) is 19.1 Å². The largest absolute Gasteiger partial charge is 0.495 e. The number of hydrogen-bond donors (Lipinski definition) is 2. The smallest absolute Gasteiger partial charge is 0.234 e. The van der Waals surface area contributed by atoms with Crippen LogP contribution >= 0.6 is 11.8 Å². The maximum absolute atomic E-state index is 12.4. The van der Waals surface area contributed by atoms with Crippen LogP contribution in [0.5, 0.6) is 11.5 Å². The molecule has 2 N–H and O–H groups in total. The summed E-state index contributed by atoms with van der Waals surface area (Å²) in [6.45, 7) is 2.50. The number of carbonyl (C=O) groups excluding carboxylic acids is 2. The van der Waals surface area contributed by atoms with Crippen LogP contribution in [0.1, 0.15) is 12.7 Å². The highest BCUT2D eigenvalue weighted by Gasteiger charge is 2.15. The molecule has 0 aliphatic heterocycles. The Bertz CT molecular complexity index is 1070. The maximum atomic E-state index is 12.4. The standard InChI is InChI=1S/C22H25N5O4S/c1-4-31-16-11-9-15(10-12-16)23-20(28)13-19-25-26-22(27(19)2)32-14-21(29)24-17-7-5-6-8-18(17)30-3/h5-12H,4,13-14H2,1-3H3,(H,23,28)(H,24,29). The minimum Gasteiger partial charge on any atom is -0.495 e. The van der Waals surface area contributed by atoms with E-state index < -0.39 is 0 Å². The highest BCUT2D eigenvalue weighted by molar-refractivity contribution is 7.99. The molecule has 0 unspecified atom stereocenters. The molecule has 0 radical (unpaired) electrons. The van der Waals surface area contributed by atoms with Crippen molar-refractivity contribution in [3.63, 3.8) is 0 Å². The van der Waals surface area contributed by atoms with Crippen molar-refractivity contribution in [3.05, 3.63) is 54.4 Å². The lowest BCUT2D eigenvalue weighted by Gasteiger charge is -2.09. The molecular formula is C22H25N5O4S. The first-order chi connectivity index (χ1) is 15.5. The minimum absolute atomic E-state index is 0.0602. The molecule has 10 heteroatoms. The summed E-state index contributed by atoms with van der Waals surface area (Å²) in [4.78, 5) is 24.7. The van der Waals surface area contributed by atoms with Crippen LogP contribution in [-0.4, -0.2) is 46.0 Å². The maximum Gasteiger partial charge on any atom is 0.234 e. The van der Waals surface area contributed by atoms with Crippen molar-refractivity contribution in [2.24, 2.45) is 7.05 Å². The Morgan fingerprint density at radius 2 is 1.78 bits per heavy atom. The van der Waals surface area contributed by atoms with E-state index >= 15 is 0 Å². The average Bonchev–Trinajstić information content (AvgIpc) is 3.13. The molecule has 0 aliphatic rings. The Balaban J connectivity index is 1.52. The highest BCUT2D eigenvalue weighted by atomic mass is 32.2. The van der Waals surface area contributed by atoms with Crippen LogP contribution < -0.4 is 20.1 Å². The number of ether oxygens (including phenoxy) is 2. The van der Waals surface area contributed by atoms with Crippen molar-refractivity contribution in [2.75, 3.05) is 30.1 Å². The van der Waals surface area contributed by atoms with Gasteiger partial charge in [-0.05, 0) is 43.3 Å². The van der Waals surface area contributed by atoms with Gasteiger partial charge in [-0.25, -0.2) is 0 Å². The minimum atomic E-state index is -0.213.